The van der Waals surface area contributed by atoms with Crippen molar-refractivity contribution < 1.29 is 5.11 Å². The van der Waals surface area contributed by atoms with Crippen LogP contribution in [-0.4, -0.2) is 35.7 Å². The monoisotopic (exact) mass is 205 g/mol. The molecule has 1 heterocycles. The molecule has 82 valence electrons. The first-order valence-corrected chi connectivity index (χ1v) is 5.75. The predicted octanol–water partition coefficient (Wildman–Crippen LogP) is 1.86. The molecule has 1 saturated heterocycles. The molecule has 1 N–H and O–H groups in total. The summed E-state index contributed by atoms with van der Waals surface area (Å²) in [7, 11) is 0. The van der Waals surface area contributed by atoms with Crippen LogP contribution in [0.1, 0.15) is 24.8 Å². The van der Waals surface area contributed by atoms with Gasteiger partial charge in [-0.15, -0.1) is 0 Å². The van der Waals surface area contributed by atoms with Crippen molar-refractivity contribution in [3.63, 3.8) is 0 Å². The van der Waals surface area contributed by atoms with Crippen LogP contribution in [0.3, 0.4) is 0 Å². The lowest BCUT2D eigenvalue weighted by Gasteiger charge is -2.44. The Morgan fingerprint density at radius 1 is 1.33 bits per heavy atom. The van der Waals surface area contributed by atoms with E-state index in [4.69, 9.17) is 0 Å². The highest BCUT2D eigenvalue weighted by Gasteiger charge is 2.31. The van der Waals surface area contributed by atoms with Crippen molar-refractivity contribution in [3.05, 3.63) is 35.9 Å². The lowest BCUT2D eigenvalue weighted by molar-refractivity contribution is 0.0513. The number of aliphatic hydroxyl groups is 1. The van der Waals surface area contributed by atoms with Gasteiger partial charge in [0.2, 0.25) is 0 Å². The molecule has 0 aromatic heterocycles. The van der Waals surface area contributed by atoms with Crippen LogP contribution >= 0.6 is 0 Å². The molecule has 15 heavy (non-hydrogen) atoms. The third kappa shape index (κ3) is 2.21. The van der Waals surface area contributed by atoms with Crippen LogP contribution in [0.5, 0.6) is 0 Å². The number of aliphatic hydroxyl groups excluding tert-OH is 1. The number of benzene rings is 1. The Morgan fingerprint density at radius 3 is 2.53 bits per heavy atom. The van der Waals surface area contributed by atoms with E-state index in [0.29, 0.717) is 12.0 Å². The number of hydrogen-bond acceptors (Lipinski definition) is 2. The molecule has 0 aliphatic carbocycles. The largest absolute Gasteiger partial charge is 0.395 e. The molecule has 2 rings (SSSR count). The smallest absolute Gasteiger partial charge is 0.0586 e. The molecule has 1 fully saturated rings. The Kier molecular flexibility index (Phi) is 3.39. The first-order chi connectivity index (χ1) is 7.35. The predicted molar refractivity (Wildman–Crippen MR) is 61.9 cm³/mol. The molecule has 0 bridgehead atoms. The average molecular weight is 205 g/mol. The summed E-state index contributed by atoms with van der Waals surface area (Å²) in [6.07, 6.45) is 1.04. The lowest BCUT2D eigenvalue weighted by atomic mass is 9.90. The second-order valence-electron chi connectivity index (χ2n) is 4.31. The van der Waals surface area contributed by atoms with Gasteiger partial charge in [-0.2, -0.15) is 0 Å². The molecule has 0 saturated carbocycles. The van der Waals surface area contributed by atoms with E-state index in [-0.39, 0.29) is 6.61 Å². The minimum Gasteiger partial charge on any atom is -0.395 e. The second-order valence-corrected chi connectivity index (χ2v) is 4.31. The number of nitrogens with zero attached hydrogens (tertiary/aromatic N) is 1. The van der Waals surface area contributed by atoms with Crippen molar-refractivity contribution in [2.75, 3.05) is 19.7 Å². The standard InChI is InChI=1S/C13H19NO/c1-2-13(10-15)14-8-12(9-14)11-6-4-3-5-7-11/h3-7,12-13,15H,2,8-10H2,1H3/t13-/m0/s1. The van der Waals surface area contributed by atoms with E-state index in [9.17, 15) is 5.11 Å². The van der Waals surface area contributed by atoms with Gasteiger partial charge in [-0.1, -0.05) is 37.3 Å². The van der Waals surface area contributed by atoms with Gasteiger partial charge < -0.3 is 5.11 Å². The summed E-state index contributed by atoms with van der Waals surface area (Å²) in [6, 6.07) is 11.0. The van der Waals surface area contributed by atoms with Crippen molar-refractivity contribution in [2.45, 2.75) is 25.3 Å². The van der Waals surface area contributed by atoms with Gasteiger partial charge in [0, 0.05) is 25.0 Å². The fourth-order valence-electron chi connectivity index (χ4n) is 2.25. The van der Waals surface area contributed by atoms with Crippen LogP contribution in [0.4, 0.5) is 0 Å². The number of likely N-dealkylation sites (tertiary alicyclic amines) is 1. The van der Waals surface area contributed by atoms with Gasteiger partial charge in [0.15, 0.2) is 0 Å². The van der Waals surface area contributed by atoms with Crippen molar-refractivity contribution in [2.24, 2.45) is 0 Å². The van der Waals surface area contributed by atoms with Crippen molar-refractivity contribution >= 4 is 0 Å². The van der Waals surface area contributed by atoms with Crippen LogP contribution in [0, 0.1) is 0 Å². The fourth-order valence-corrected chi connectivity index (χ4v) is 2.25. The van der Waals surface area contributed by atoms with E-state index < -0.39 is 0 Å². The van der Waals surface area contributed by atoms with E-state index in [2.05, 4.69) is 42.2 Å². The Morgan fingerprint density at radius 2 is 2.00 bits per heavy atom. The lowest BCUT2D eigenvalue weighted by Crippen LogP contribution is -2.51. The summed E-state index contributed by atoms with van der Waals surface area (Å²) in [6.45, 7) is 4.63. The molecule has 2 heteroatoms. The summed E-state index contributed by atoms with van der Waals surface area (Å²) in [4.78, 5) is 2.37. The molecule has 2 nitrogen and oxygen atoms in total. The summed E-state index contributed by atoms with van der Waals surface area (Å²) in [5.74, 6) is 0.673. The van der Waals surface area contributed by atoms with Crippen LogP contribution in [0.15, 0.2) is 30.3 Å². The highest BCUT2D eigenvalue weighted by atomic mass is 16.3. The van der Waals surface area contributed by atoms with Crippen molar-refractivity contribution in [1.82, 2.24) is 4.90 Å². The molecule has 0 spiro atoms. The Labute approximate surface area is 91.5 Å². The maximum Gasteiger partial charge on any atom is 0.0586 e. The van der Waals surface area contributed by atoms with Crippen molar-refractivity contribution in [1.29, 1.82) is 0 Å². The normalized spacial score (nSPS) is 19.9. The molecular formula is C13H19NO. The van der Waals surface area contributed by atoms with Crippen molar-refractivity contribution in [3.8, 4) is 0 Å². The van der Waals surface area contributed by atoms with Gasteiger partial charge in [0.25, 0.3) is 0 Å². The molecule has 1 aromatic rings. The Balaban J connectivity index is 1.88. The van der Waals surface area contributed by atoms with E-state index in [1.54, 1.807) is 0 Å². The van der Waals surface area contributed by atoms with E-state index in [0.717, 1.165) is 19.5 Å². The number of hydrogen-bond donors (Lipinski definition) is 1. The summed E-state index contributed by atoms with van der Waals surface area (Å²) >= 11 is 0. The highest BCUT2D eigenvalue weighted by molar-refractivity contribution is 5.22. The Bertz CT molecular complexity index is 289. The summed E-state index contributed by atoms with van der Waals surface area (Å²) < 4.78 is 0. The second kappa shape index (κ2) is 4.77. The third-order valence-corrected chi connectivity index (χ3v) is 3.38. The molecule has 0 amide bonds. The highest BCUT2D eigenvalue weighted by Crippen LogP contribution is 2.28. The van der Waals surface area contributed by atoms with Gasteiger partial charge in [-0.3, -0.25) is 4.90 Å². The first kappa shape index (κ1) is 10.7. The molecule has 1 aliphatic heterocycles. The summed E-state index contributed by atoms with van der Waals surface area (Å²) in [5, 5.41) is 9.18. The molecule has 0 unspecified atom stereocenters. The zero-order chi connectivity index (χ0) is 10.7. The van der Waals surface area contributed by atoms with Crippen LogP contribution in [0.25, 0.3) is 0 Å². The third-order valence-electron chi connectivity index (χ3n) is 3.38. The van der Waals surface area contributed by atoms with E-state index in [1.807, 2.05) is 0 Å². The van der Waals surface area contributed by atoms with Gasteiger partial charge in [0.05, 0.1) is 6.61 Å². The average Bonchev–Trinajstić information content (AvgIpc) is 2.24. The van der Waals surface area contributed by atoms with E-state index >= 15 is 0 Å². The summed E-state index contributed by atoms with van der Waals surface area (Å²) in [5.41, 5.74) is 1.43. The van der Waals surface area contributed by atoms with Gasteiger partial charge in [0.1, 0.15) is 0 Å². The van der Waals surface area contributed by atoms with Crippen LogP contribution < -0.4 is 0 Å². The number of rotatable bonds is 4. The maximum atomic E-state index is 9.18. The fraction of sp³-hybridized carbons (Fsp3) is 0.538. The molecular weight excluding hydrogens is 186 g/mol. The molecule has 1 atom stereocenters. The van der Waals surface area contributed by atoms with Gasteiger partial charge in [-0.05, 0) is 12.0 Å². The quantitative estimate of drug-likeness (QED) is 0.811. The topological polar surface area (TPSA) is 23.5 Å². The van der Waals surface area contributed by atoms with Crippen LogP contribution in [-0.2, 0) is 0 Å². The van der Waals surface area contributed by atoms with E-state index in [1.165, 1.54) is 5.56 Å². The minimum atomic E-state index is 0.290. The molecule has 1 aromatic carbocycles. The maximum absolute atomic E-state index is 9.18. The Hall–Kier alpha value is -0.860. The van der Waals surface area contributed by atoms with Crippen LogP contribution in [0.2, 0.25) is 0 Å². The zero-order valence-corrected chi connectivity index (χ0v) is 9.26. The van der Waals surface area contributed by atoms with Gasteiger partial charge in [-0.25, -0.2) is 0 Å². The van der Waals surface area contributed by atoms with Gasteiger partial charge >= 0.3 is 0 Å². The molecule has 0 radical (unpaired) electrons. The minimum absolute atomic E-state index is 0.290. The zero-order valence-electron chi connectivity index (χ0n) is 9.26. The SMILES string of the molecule is CC[C@@H](CO)N1CC(c2ccccc2)C1. The molecule has 1 aliphatic rings. The first-order valence-electron chi connectivity index (χ1n) is 5.75.